The monoisotopic (exact) mass is 373 g/mol. The number of alkyl halides is 1. The van der Waals surface area contributed by atoms with Crippen LogP contribution in [0.1, 0.15) is 36.0 Å². The first kappa shape index (κ1) is 16.5. The number of benzene rings is 1. The second-order valence-electron chi connectivity index (χ2n) is 5.43. The molecular weight excluding hydrogens is 354 g/mol. The molecule has 6 heteroatoms. The normalized spacial score (nSPS) is 19.5. The predicted molar refractivity (Wildman–Crippen MR) is 86.6 cm³/mol. The molecule has 1 aromatic carbocycles. The molecule has 0 spiro atoms. The summed E-state index contributed by atoms with van der Waals surface area (Å²) in [5.74, 6) is -0.0637. The van der Waals surface area contributed by atoms with Gasteiger partial charge in [0.2, 0.25) is 0 Å². The maximum Gasteiger partial charge on any atom is 0.254 e. The first-order valence-corrected chi connectivity index (χ1v) is 10.1. The Morgan fingerprint density at radius 2 is 2.14 bits per heavy atom. The summed E-state index contributed by atoms with van der Waals surface area (Å²) in [6, 6.07) is 6.58. The second-order valence-corrected chi connectivity index (χ2v) is 8.23. The fraction of sp³-hybridized carbons (Fsp3) is 0.533. The van der Waals surface area contributed by atoms with Crippen molar-refractivity contribution in [3.63, 3.8) is 0 Å². The molecule has 21 heavy (non-hydrogen) atoms. The molecule has 1 amide bonds. The average Bonchev–Trinajstić information content (AvgIpc) is 2.47. The summed E-state index contributed by atoms with van der Waals surface area (Å²) in [6.07, 6.45) is 5.26. The zero-order valence-corrected chi connectivity index (χ0v) is 14.5. The first-order chi connectivity index (χ1) is 9.93. The number of sulfone groups is 1. The predicted octanol–water partition coefficient (Wildman–Crippen LogP) is 2.87. The zero-order chi connectivity index (χ0) is 15.5. The fourth-order valence-corrected chi connectivity index (χ4v) is 3.91. The Morgan fingerprint density at radius 1 is 1.38 bits per heavy atom. The third kappa shape index (κ3) is 4.07. The smallest absolute Gasteiger partial charge is 0.254 e. The number of halogens is 1. The molecule has 1 aliphatic rings. The number of likely N-dealkylation sites (tertiary alicyclic amines) is 1. The van der Waals surface area contributed by atoms with Crippen LogP contribution in [0.15, 0.2) is 29.2 Å². The van der Waals surface area contributed by atoms with Crippen LogP contribution in [0, 0.1) is 0 Å². The molecule has 0 aromatic heterocycles. The SMILES string of the molecule is CS(=O)(=O)c1cccc(C(=O)N2CCCCC2CCBr)c1. The molecule has 1 aromatic rings. The van der Waals surface area contributed by atoms with Gasteiger partial charge < -0.3 is 4.90 Å². The fourth-order valence-electron chi connectivity index (χ4n) is 2.72. The molecular formula is C15H20BrNO3S. The molecule has 0 radical (unpaired) electrons. The van der Waals surface area contributed by atoms with Crippen molar-refractivity contribution >= 4 is 31.7 Å². The van der Waals surface area contributed by atoms with Gasteiger partial charge in [0.05, 0.1) is 4.90 Å². The van der Waals surface area contributed by atoms with Crippen molar-refractivity contribution in [1.82, 2.24) is 4.90 Å². The van der Waals surface area contributed by atoms with Crippen LogP contribution < -0.4 is 0 Å². The maximum atomic E-state index is 12.7. The van der Waals surface area contributed by atoms with Gasteiger partial charge in [-0.05, 0) is 43.9 Å². The minimum absolute atomic E-state index is 0.0637. The van der Waals surface area contributed by atoms with E-state index in [0.29, 0.717) is 5.56 Å². The molecule has 2 rings (SSSR count). The second kappa shape index (κ2) is 6.92. The lowest BCUT2D eigenvalue weighted by Crippen LogP contribution is -2.44. The highest BCUT2D eigenvalue weighted by Gasteiger charge is 2.27. The van der Waals surface area contributed by atoms with Crippen molar-refractivity contribution in [2.45, 2.75) is 36.6 Å². The molecule has 0 saturated carbocycles. The van der Waals surface area contributed by atoms with Crippen molar-refractivity contribution in [1.29, 1.82) is 0 Å². The van der Waals surface area contributed by atoms with Crippen LogP contribution in [-0.4, -0.2) is 43.4 Å². The maximum absolute atomic E-state index is 12.7. The number of carbonyl (C=O) groups excluding carboxylic acids is 1. The molecule has 116 valence electrons. The average molecular weight is 374 g/mol. The van der Waals surface area contributed by atoms with E-state index in [1.165, 1.54) is 12.1 Å². The summed E-state index contributed by atoms with van der Waals surface area (Å²) in [7, 11) is -3.29. The van der Waals surface area contributed by atoms with Gasteiger partial charge in [-0.2, -0.15) is 0 Å². The third-order valence-electron chi connectivity index (χ3n) is 3.84. The lowest BCUT2D eigenvalue weighted by atomic mass is 9.99. The Labute approximate surface area is 134 Å². The molecule has 1 fully saturated rings. The highest BCUT2D eigenvalue weighted by atomic mass is 79.9. The highest BCUT2D eigenvalue weighted by Crippen LogP contribution is 2.23. The summed E-state index contributed by atoms with van der Waals surface area (Å²) >= 11 is 3.44. The minimum Gasteiger partial charge on any atom is -0.336 e. The van der Waals surface area contributed by atoms with Crippen LogP contribution in [0.2, 0.25) is 0 Å². The molecule has 1 unspecified atom stereocenters. The molecule has 0 N–H and O–H groups in total. The molecule has 4 nitrogen and oxygen atoms in total. The van der Waals surface area contributed by atoms with E-state index in [-0.39, 0.29) is 16.8 Å². The number of nitrogens with zero attached hydrogens (tertiary/aromatic N) is 1. The number of amides is 1. The van der Waals surface area contributed by atoms with Crippen LogP contribution >= 0.6 is 15.9 Å². The number of carbonyl (C=O) groups is 1. The van der Waals surface area contributed by atoms with Gasteiger partial charge in [0.15, 0.2) is 9.84 Å². The Morgan fingerprint density at radius 3 is 2.81 bits per heavy atom. The highest BCUT2D eigenvalue weighted by molar-refractivity contribution is 9.09. The number of hydrogen-bond donors (Lipinski definition) is 0. The zero-order valence-electron chi connectivity index (χ0n) is 12.1. The van der Waals surface area contributed by atoms with Gasteiger partial charge >= 0.3 is 0 Å². The Balaban J connectivity index is 2.26. The number of piperidine rings is 1. The van der Waals surface area contributed by atoms with Crippen LogP contribution in [0.4, 0.5) is 0 Å². The van der Waals surface area contributed by atoms with Crippen molar-refractivity contribution in [3.05, 3.63) is 29.8 Å². The van der Waals surface area contributed by atoms with E-state index < -0.39 is 9.84 Å². The lowest BCUT2D eigenvalue weighted by Gasteiger charge is -2.35. The molecule has 1 heterocycles. The van der Waals surface area contributed by atoms with Gasteiger partial charge in [0, 0.05) is 29.7 Å². The molecule has 1 atom stereocenters. The van der Waals surface area contributed by atoms with Gasteiger partial charge in [-0.15, -0.1) is 0 Å². The van der Waals surface area contributed by atoms with E-state index in [1.807, 2.05) is 4.90 Å². The van der Waals surface area contributed by atoms with E-state index in [1.54, 1.807) is 12.1 Å². The lowest BCUT2D eigenvalue weighted by molar-refractivity contribution is 0.0609. The van der Waals surface area contributed by atoms with Gasteiger partial charge in [-0.25, -0.2) is 8.42 Å². The van der Waals surface area contributed by atoms with Crippen LogP contribution in [0.5, 0.6) is 0 Å². The van der Waals surface area contributed by atoms with Crippen LogP contribution in [0.25, 0.3) is 0 Å². The standard InChI is InChI=1S/C15H20BrNO3S/c1-21(19,20)14-7-4-5-12(11-14)15(18)17-10-3-2-6-13(17)8-9-16/h4-5,7,11,13H,2-3,6,8-10H2,1H3. The molecule has 0 aliphatic carbocycles. The van der Waals surface area contributed by atoms with Gasteiger partial charge in [0.1, 0.15) is 0 Å². The summed E-state index contributed by atoms with van der Waals surface area (Å²) < 4.78 is 23.2. The number of rotatable bonds is 4. The van der Waals surface area contributed by atoms with Gasteiger partial charge in [-0.1, -0.05) is 22.0 Å². The van der Waals surface area contributed by atoms with Crippen LogP contribution in [-0.2, 0) is 9.84 Å². The van der Waals surface area contributed by atoms with E-state index in [4.69, 9.17) is 0 Å². The van der Waals surface area contributed by atoms with E-state index >= 15 is 0 Å². The minimum atomic E-state index is -3.29. The van der Waals surface area contributed by atoms with Crippen molar-refractivity contribution in [2.75, 3.05) is 18.1 Å². The Kier molecular flexibility index (Phi) is 5.43. The van der Waals surface area contributed by atoms with Crippen molar-refractivity contribution in [3.8, 4) is 0 Å². The van der Waals surface area contributed by atoms with E-state index in [2.05, 4.69) is 15.9 Å². The Hall–Kier alpha value is -0.880. The first-order valence-electron chi connectivity index (χ1n) is 7.10. The largest absolute Gasteiger partial charge is 0.336 e. The van der Waals surface area contributed by atoms with Gasteiger partial charge in [0.25, 0.3) is 5.91 Å². The van der Waals surface area contributed by atoms with Crippen molar-refractivity contribution in [2.24, 2.45) is 0 Å². The van der Waals surface area contributed by atoms with E-state index in [9.17, 15) is 13.2 Å². The van der Waals surface area contributed by atoms with Crippen molar-refractivity contribution < 1.29 is 13.2 Å². The van der Waals surface area contributed by atoms with Gasteiger partial charge in [-0.3, -0.25) is 4.79 Å². The molecule has 1 saturated heterocycles. The topological polar surface area (TPSA) is 54.5 Å². The van der Waals surface area contributed by atoms with E-state index in [0.717, 1.165) is 43.8 Å². The molecule has 1 aliphatic heterocycles. The van der Waals surface area contributed by atoms with Crippen LogP contribution in [0.3, 0.4) is 0 Å². The summed E-state index contributed by atoms with van der Waals surface area (Å²) in [5, 5.41) is 0.866. The summed E-state index contributed by atoms with van der Waals surface area (Å²) in [5.41, 5.74) is 0.458. The molecule has 0 bridgehead atoms. The summed E-state index contributed by atoms with van der Waals surface area (Å²) in [4.78, 5) is 14.8. The summed E-state index contributed by atoms with van der Waals surface area (Å²) in [6.45, 7) is 0.750. The third-order valence-corrected chi connectivity index (χ3v) is 5.41. The number of hydrogen-bond acceptors (Lipinski definition) is 3. The Bertz CT molecular complexity index is 613. The quantitative estimate of drug-likeness (QED) is 0.762.